The number of aromatic nitrogens is 1. The lowest BCUT2D eigenvalue weighted by atomic mass is 10.2. The number of nitrogens with one attached hydrogen (secondary N) is 1. The van der Waals surface area contributed by atoms with Gasteiger partial charge >= 0.3 is 5.97 Å². The number of fused-ring (bicyclic) bond motifs is 1. The number of ether oxygens (including phenoxy) is 1. The minimum Gasteiger partial charge on any atom is -0.465 e. The molecule has 0 bridgehead atoms. The van der Waals surface area contributed by atoms with E-state index >= 15 is 0 Å². The average Bonchev–Trinajstić information content (AvgIpc) is 3.19. The van der Waals surface area contributed by atoms with Crippen LogP contribution in [0.15, 0.2) is 90.0 Å². The Bertz CT molecular complexity index is 1370. The van der Waals surface area contributed by atoms with Gasteiger partial charge in [0, 0.05) is 22.8 Å². The summed E-state index contributed by atoms with van der Waals surface area (Å²) in [5.74, 6) is -0.891. The number of benzene rings is 3. The van der Waals surface area contributed by atoms with Gasteiger partial charge < -0.3 is 4.74 Å². The zero-order chi connectivity index (χ0) is 22.0. The van der Waals surface area contributed by atoms with Crippen molar-refractivity contribution >= 4 is 38.5 Å². The maximum atomic E-state index is 13.1. The summed E-state index contributed by atoms with van der Waals surface area (Å²) in [6.45, 7) is 0. The molecule has 0 atom stereocenters. The highest BCUT2D eigenvalue weighted by Crippen LogP contribution is 2.24. The van der Waals surface area contributed by atoms with Crippen LogP contribution in [0.3, 0.4) is 0 Å². The van der Waals surface area contributed by atoms with Crippen molar-refractivity contribution < 1.29 is 22.7 Å². The van der Waals surface area contributed by atoms with E-state index in [1.807, 2.05) is 0 Å². The highest BCUT2D eigenvalue weighted by Gasteiger charge is 2.20. The van der Waals surface area contributed by atoms with E-state index in [1.165, 1.54) is 54.3 Å². The van der Waals surface area contributed by atoms with Crippen LogP contribution in [0, 0.1) is 0 Å². The van der Waals surface area contributed by atoms with Crippen LogP contribution >= 0.6 is 0 Å². The molecule has 1 N–H and O–H groups in total. The van der Waals surface area contributed by atoms with Gasteiger partial charge in [-0.1, -0.05) is 36.4 Å². The Morgan fingerprint density at radius 1 is 0.871 bits per heavy atom. The van der Waals surface area contributed by atoms with Crippen molar-refractivity contribution in [2.45, 2.75) is 4.90 Å². The molecule has 0 saturated heterocycles. The number of para-hydroxylation sites is 1. The van der Waals surface area contributed by atoms with Crippen molar-refractivity contribution in [3.05, 3.63) is 96.2 Å². The van der Waals surface area contributed by atoms with E-state index in [1.54, 1.807) is 42.5 Å². The van der Waals surface area contributed by atoms with Crippen molar-refractivity contribution in [2.75, 3.05) is 11.8 Å². The molecule has 0 spiro atoms. The first kappa shape index (κ1) is 20.4. The number of rotatable bonds is 5. The normalized spacial score (nSPS) is 11.3. The lowest BCUT2D eigenvalue weighted by Crippen LogP contribution is -2.14. The number of carbonyl (C=O) groups is 2. The Morgan fingerprint density at radius 3 is 2.19 bits per heavy atom. The number of carbonyl (C=O) groups excluding carboxylic acids is 2. The lowest BCUT2D eigenvalue weighted by Gasteiger charge is -2.09. The fourth-order valence-corrected chi connectivity index (χ4v) is 4.33. The van der Waals surface area contributed by atoms with Gasteiger partial charge in [-0.2, -0.15) is 0 Å². The van der Waals surface area contributed by atoms with Crippen molar-refractivity contribution in [3.63, 3.8) is 0 Å². The van der Waals surface area contributed by atoms with Gasteiger partial charge in [-0.25, -0.2) is 13.2 Å². The molecule has 0 aliphatic heterocycles. The molecule has 3 aromatic carbocycles. The summed E-state index contributed by atoms with van der Waals surface area (Å²) in [5, 5.41) is 0.606. The van der Waals surface area contributed by atoms with Crippen molar-refractivity contribution in [1.29, 1.82) is 0 Å². The largest absolute Gasteiger partial charge is 0.465 e. The standard InChI is InChI=1S/C23H18N2O5S/c1-30-23(27)20-15-25(21-10-6-5-9-19(20)21)22(26)16-11-13-17(14-12-16)24-31(28,29)18-7-3-2-4-8-18/h2-15,24H,1H3. The molecule has 1 heterocycles. The molecular formula is C23H18N2O5S. The predicted molar refractivity (Wildman–Crippen MR) is 117 cm³/mol. The van der Waals surface area contributed by atoms with Crippen LogP contribution in [0.1, 0.15) is 20.7 Å². The summed E-state index contributed by atoms with van der Waals surface area (Å²) in [6.07, 6.45) is 1.45. The maximum absolute atomic E-state index is 13.1. The fourth-order valence-electron chi connectivity index (χ4n) is 3.25. The van der Waals surface area contributed by atoms with Gasteiger partial charge in [0.2, 0.25) is 0 Å². The van der Waals surface area contributed by atoms with Gasteiger partial charge in [0.25, 0.3) is 15.9 Å². The van der Waals surface area contributed by atoms with E-state index < -0.39 is 16.0 Å². The van der Waals surface area contributed by atoms with E-state index in [-0.39, 0.29) is 10.8 Å². The van der Waals surface area contributed by atoms with Gasteiger partial charge in [0.1, 0.15) is 0 Å². The first-order valence-electron chi connectivity index (χ1n) is 9.32. The minimum absolute atomic E-state index is 0.143. The number of methoxy groups -OCH3 is 1. The fraction of sp³-hybridized carbons (Fsp3) is 0.0435. The third kappa shape index (κ3) is 3.93. The molecule has 0 aliphatic carbocycles. The Labute approximate surface area is 178 Å². The van der Waals surface area contributed by atoms with Gasteiger partial charge in [0.05, 0.1) is 23.1 Å². The van der Waals surface area contributed by atoms with Gasteiger partial charge in [0.15, 0.2) is 0 Å². The highest BCUT2D eigenvalue weighted by atomic mass is 32.2. The number of sulfonamides is 1. The number of anilines is 1. The molecule has 8 heteroatoms. The highest BCUT2D eigenvalue weighted by molar-refractivity contribution is 7.92. The lowest BCUT2D eigenvalue weighted by molar-refractivity contribution is 0.0603. The minimum atomic E-state index is -3.73. The summed E-state index contributed by atoms with van der Waals surface area (Å²) in [6, 6.07) is 21.1. The Morgan fingerprint density at radius 2 is 1.52 bits per heavy atom. The third-order valence-corrected chi connectivity index (χ3v) is 6.17. The molecular weight excluding hydrogens is 416 g/mol. The number of hydrogen-bond donors (Lipinski definition) is 1. The SMILES string of the molecule is COC(=O)c1cn(C(=O)c2ccc(NS(=O)(=O)c3ccccc3)cc2)c2ccccc12. The molecule has 0 amide bonds. The number of esters is 1. The van der Waals surface area contributed by atoms with Gasteiger partial charge in [-0.3, -0.25) is 14.1 Å². The van der Waals surface area contributed by atoms with E-state index in [0.717, 1.165) is 0 Å². The molecule has 156 valence electrons. The van der Waals surface area contributed by atoms with E-state index in [9.17, 15) is 18.0 Å². The molecule has 0 unspecified atom stereocenters. The van der Waals surface area contributed by atoms with E-state index in [4.69, 9.17) is 4.74 Å². The van der Waals surface area contributed by atoms with Crippen LogP contribution in [0.25, 0.3) is 10.9 Å². The number of nitrogens with zero attached hydrogens (tertiary/aromatic N) is 1. The topological polar surface area (TPSA) is 94.5 Å². The first-order valence-corrected chi connectivity index (χ1v) is 10.8. The quantitative estimate of drug-likeness (QED) is 0.481. The zero-order valence-electron chi connectivity index (χ0n) is 16.5. The van der Waals surface area contributed by atoms with Crippen LogP contribution < -0.4 is 4.72 Å². The zero-order valence-corrected chi connectivity index (χ0v) is 17.3. The molecule has 0 radical (unpaired) electrons. The molecule has 0 saturated carbocycles. The second kappa shape index (κ2) is 8.08. The molecule has 4 aromatic rings. The molecule has 1 aromatic heterocycles. The van der Waals surface area contributed by atoms with Crippen molar-refractivity contribution in [2.24, 2.45) is 0 Å². The molecule has 0 aliphatic rings. The molecule has 4 rings (SSSR count). The summed E-state index contributed by atoms with van der Waals surface area (Å²) < 4.78 is 33.6. The third-order valence-electron chi connectivity index (χ3n) is 4.77. The van der Waals surface area contributed by atoms with Crippen molar-refractivity contribution in [1.82, 2.24) is 4.57 Å². The van der Waals surface area contributed by atoms with Crippen molar-refractivity contribution in [3.8, 4) is 0 Å². The van der Waals surface area contributed by atoms with Crippen LogP contribution in [0.4, 0.5) is 5.69 Å². The monoisotopic (exact) mass is 434 g/mol. The number of hydrogen-bond acceptors (Lipinski definition) is 5. The summed E-state index contributed by atoms with van der Waals surface area (Å²) in [4.78, 5) is 25.3. The second-order valence-electron chi connectivity index (χ2n) is 6.72. The first-order chi connectivity index (χ1) is 14.9. The second-order valence-corrected chi connectivity index (χ2v) is 8.40. The van der Waals surface area contributed by atoms with Crippen LogP contribution in [-0.2, 0) is 14.8 Å². The molecule has 31 heavy (non-hydrogen) atoms. The smallest absolute Gasteiger partial charge is 0.340 e. The van der Waals surface area contributed by atoms with E-state index in [2.05, 4.69) is 4.72 Å². The Balaban J connectivity index is 1.63. The average molecular weight is 434 g/mol. The Kier molecular flexibility index (Phi) is 5.31. The van der Waals surface area contributed by atoms with Crippen LogP contribution in [0.5, 0.6) is 0 Å². The van der Waals surface area contributed by atoms with E-state index in [0.29, 0.717) is 27.7 Å². The summed E-state index contributed by atoms with van der Waals surface area (Å²) >= 11 is 0. The van der Waals surface area contributed by atoms with Crippen LogP contribution in [-0.4, -0.2) is 32.0 Å². The summed E-state index contributed by atoms with van der Waals surface area (Å²) in [5.41, 5.74) is 1.52. The van der Waals surface area contributed by atoms with Gasteiger partial charge in [-0.05, 0) is 42.5 Å². The van der Waals surface area contributed by atoms with Crippen LogP contribution in [0.2, 0.25) is 0 Å². The maximum Gasteiger partial charge on any atom is 0.340 e. The predicted octanol–water partition coefficient (Wildman–Crippen LogP) is 3.92. The molecule has 7 nitrogen and oxygen atoms in total. The Hall–Kier alpha value is -3.91. The summed E-state index contributed by atoms with van der Waals surface area (Å²) in [7, 11) is -2.44. The van der Waals surface area contributed by atoms with Gasteiger partial charge in [-0.15, -0.1) is 0 Å². The molecule has 0 fully saturated rings.